The van der Waals surface area contributed by atoms with Gasteiger partial charge in [0.05, 0.1) is 12.6 Å². The Hall–Kier alpha value is -1.14. The van der Waals surface area contributed by atoms with Crippen molar-refractivity contribution in [1.82, 2.24) is 9.80 Å². The number of carboxylic acids is 1. The molecule has 1 unspecified atom stereocenters. The minimum Gasteiger partial charge on any atom is -0.480 e. The third kappa shape index (κ3) is 5.01. The molecule has 1 saturated heterocycles. The van der Waals surface area contributed by atoms with Gasteiger partial charge in [0.2, 0.25) is 5.91 Å². The number of carbonyl (C=O) groups is 2. The molecule has 0 bridgehead atoms. The summed E-state index contributed by atoms with van der Waals surface area (Å²) < 4.78 is 5.10. The summed E-state index contributed by atoms with van der Waals surface area (Å²) in [6.45, 7) is 4.51. The van der Waals surface area contributed by atoms with Crippen LogP contribution in [0.3, 0.4) is 0 Å². The van der Waals surface area contributed by atoms with Crippen LogP contribution in [0.25, 0.3) is 0 Å². The zero-order valence-electron chi connectivity index (χ0n) is 11.1. The summed E-state index contributed by atoms with van der Waals surface area (Å²) in [5, 5.41) is 8.68. The number of piperazine rings is 1. The summed E-state index contributed by atoms with van der Waals surface area (Å²) in [7, 11) is 1.64. The number of methoxy groups -OCH3 is 1. The molecule has 1 N–H and O–H groups in total. The molecule has 0 spiro atoms. The highest BCUT2D eigenvalue weighted by Crippen LogP contribution is 2.07. The van der Waals surface area contributed by atoms with Crippen LogP contribution >= 0.6 is 0 Å². The van der Waals surface area contributed by atoms with Crippen LogP contribution in [0, 0.1) is 0 Å². The van der Waals surface area contributed by atoms with Gasteiger partial charge in [-0.2, -0.15) is 0 Å². The number of carboxylic acid groups (broad SMARTS) is 1. The Bertz CT molecular complexity index is 288. The largest absolute Gasteiger partial charge is 0.480 e. The lowest BCUT2D eigenvalue weighted by molar-refractivity contribution is -0.139. The van der Waals surface area contributed by atoms with Gasteiger partial charge in [0, 0.05) is 39.7 Å². The molecule has 1 aliphatic rings. The second kappa shape index (κ2) is 7.33. The number of nitrogens with zero attached hydrogens (tertiary/aromatic N) is 2. The van der Waals surface area contributed by atoms with Crippen molar-refractivity contribution in [3.63, 3.8) is 0 Å². The predicted molar refractivity (Wildman–Crippen MR) is 66.4 cm³/mol. The predicted octanol–water partition coefficient (Wildman–Crippen LogP) is 0.0303. The fourth-order valence-electron chi connectivity index (χ4n) is 1.95. The SMILES string of the molecule is COC(C)CCC(=O)N1CCN(CC(=O)O)CC1. The van der Waals surface area contributed by atoms with Gasteiger partial charge >= 0.3 is 5.97 Å². The molecule has 18 heavy (non-hydrogen) atoms. The molecule has 0 radical (unpaired) electrons. The molecule has 0 aromatic carbocycles. The summed E-state index contributed by atoms with van der Waals surface area (Å²) in [4.78, 5) is 26.1. The fraction of sp³-hybridized carbons (Fsp3) is 0.833. The van der Waals surface area contributed by atoms with Crippen molar-refractivity contribution >= 4 is 11.9 Å². The number of aliphatic carboxylic acids is 1. The zero-order chi connectivity index (χ0) is 13.5. The van der Waals surface area contributed by atoms with E-state index in [0.717, 1.165) is 6.42 Å². The Balaban J connectivity index is 2.25. The van der Waals surface area contributed by atoms with Crippen LogP contribution in [0.15, 0.2) is 0 Å². The highest BCUT2D eigenvalue weighted by Gasteiger charge is 2.22. The molecule has 1 aliphatic heterocycles. The molecule has 1 rings (SSSR count). The third-order valence-electron chi connectivity index (χ3n) is 3.25. The number of ether oxygens (including phenoxy) is 1. The molecule has 1 fully saturated rings. The molecule has 104 valence electrons. The van der Waals surface area contributed by atoms with Crippen LogP contribution in [0.1, 0.15) is 19.8 Å². The van der Waals surface area contributed by atoms with Crippen molar-refractivity contribution in [2.45, 2.75) is 25.9 Å². The molecule has 6 nitrogen and oxygen atoms in total. The molecule has 0 aromatic rings. The molecular formula is C12H22N2O4. The first-order chi connectivity index (χ1) is 8.52. The van der Waals surface area contributed by atoms with Gasteiger partial charge in [0.15, 0.2) is 0 Å². The monoisotopic (exact) mass is 258 g/mol. The lowest BCUT2D eigenvalue weighted by Gasteiger charge is -2.34. The van der Waals surface area contributed by atoms with E-state index >= 15 is 0 Å². The maximum Gasteiger partial charge on any atom is 0.317 e. The quantitative estimate of drug-likeness (QED) is 0.728. The Labute approximate surface area is 107 Å². The summed E-state index contributed by atoms with van der Waals surface area (Å²) in [6, 6.07) is 0. The van der Waals surface area contributed by atoms with Crippen molar-refractivity contribution in [2.24, 2.45) is 0 Å². The molecular weight excluding hydrogens is 236 g/mol. The Morgan fingerprint density at radius 1 is 1.28 bits per heavy atom. The molecule has 0 aromatic heterocycles. The van der Waals surface area contributed by atoms with Gasteiger partial charge in [-0.25, -0.2) is 0 Å². The molecule has 0 saturated carbocycles. The summed E-state index contributed by atoms with van der Waals surface area (Å²) >= 11 is 0. The highest BCUT2D eigenvalue weighted by atomic mass is 16.5. The minimum absolute atomic E-state index is 0.0583. The highest BCUT2D eigenvalue weighted by molar-refractivity contribution is 5.76. The summed E-state index contributed by atoms with van der Waals surface area (Å²) in [6.07, 6.45) is 1.32. The minimum atomic E-state index is -0.816. The topological polar surface area (TPSA) is 70.1 Å². The standard InChI is InChI=1S/C12H22N2O4/c1-10(18-2)3-4-11(15)14-7-5-13(6-8-14)9-12(16)17/h10H,3-9H2,1-2H3,(H,16,17). The maximum atomic E-state index is 11.9. The van der Waals surface area contributed by atoms with Gasteiger partial charge in [-0.1, -0.05) is 0 Å². The maximum absolute atomic E-state index is 11.9. The van der Waals surface area contributed by atoms with Crippen LogP contribution in [0.5, 0.6) is 0 Å². The number of hydrogen-bond acceptors (Lipinski definition) is 4. The van der Waals surface area contributed by atoms with Crippen molar-refractivity contribution in [1.29, 1.82) is 0 Å². The van der Waals surface area contributed by atoms with E-state index in [-0.39, 0.29) is 18.6 Å². The first kappa shape index (κ1) is 14.9. The van der Waals surface area contributed by atoms with E-state index in [0.29, 0.717) is 32.6 Å². The van der Waals surface area contributed by atoms with E-state index in [9.17, 15) is 9.59 Å². The number of amides is 1. The van der Waals surface area contributed by atoms with Gasteiger partial charge in [0.1, 0.15) is 0 Å². The fourth-order valence-corrected chi connectivity index (χ4v) is 1.95. The number of carbonyl (C=O) groups excluding carboxylic acids is 1. The van der Waals surface area contributed by atoms with E-state index in [1.165, 1.54) is 0 Å². The zero-order valence-corrected chi connectivity index (χ0v) is 11.1. The van der Waals surface area contributed by atoms with Gasteiger partial charge in [-0.15, -0.1) is 0 Å². The number of rotatable bonds is 6. The van der Waals surface area contributed by atoms with Crippen molar-refractivity contribution in [3.05, 3.63) is 0 Å². The van der Waals surface area contributed by atoms with Crippen molar-refractivity contribution in [3.8, 4) is 0 Å². The molecule has 1 atom stereocenters. The first-order valence-electron chi connectivity index (χ1n) is 6.27. The summed E-state index contributed by atoms with van der Waals surface area (Å²) in [5.41, 5.74) is 0. The van der Waals surface area contributed by atoms with E-state index in [1.807, 2.05) is 11.8 Å². The van der Waals surface area contributed by atoms with E-state index in [2.05, 4.69) is 0 Å². The normalized spacial score (nSPS) is 18.7. The molecule has 1 heterocycles. The van der Waals surface area contributed by atoms with Gasteiger partial charge < -0.3 is 14.7 Å². The lowest BCUT2D eigenvalue weighted by Crippen LogP contribution is -2.49. The van der Waals surface area contributed by atoms with Crippen LogP contribution in [0.2, 0.25) is 0 Å². The lowest BCUT2D eigenvalue weighted by atomic mass is 10.2. The molecule has 0 aliphatic carbocycles. The average Bonchev–Trinajstić information content (AvgIpc) is 2.35. The van der Waals surface area contributed by atoms with Crippen LogP contribution < -0.4 is 0 Å². The summed E-state index contributed by atoms with van der Waals surface area (Å²) in [5.74, 6) is -0.683. The van der Waals surface area contributed by atoms with Crippen molar-refractivity contribution in [2.75, 3.05) is 39.8 Å². The van der Waals surface area contributed by atoms with Gasteiger partial charge in [-0.3, -0.25) is 14.5 Å². The Morgan fingerprint density at radius 3 is 2.39 bits per heavy atom. The third-order valence-corrected chi connectivity index (χ3v) is 3.25. The van der Waals surface area contributed by atoms with E-state index < -0.39 is 5.97 Å². The smallest absolute Gasteiger partial charge is 0.317 e. The van der Waals surface area contributed by atoms with Crippen molar-refractivity contribution < 1.29 is 19.4 Å². The van der Waals surface area contributed by atoms with Gasteiger partial charge in [0.25, 0.3) is 0 Å². The second-order valence-corrected chi connectivity index (χ2v) is 4.64. The Morgan fingerprint density at radius 2 is 1.89 bits per heavy atom. The van der Waals surface area contributed by atoms with E-state index in [4.69, 9.17) is 9.84 Å². The van der Waals surface area contributed by atoms with E-state index in [1.54, 1.807) is 12.0 Å². The van der Waals surface area contributed by atoms with Crippen LogP contribution in [-0.4, -0.2) is 72.7 Å². The first-order valence-corrected chi connectivity index (χ1v) is 6.27. The second-order valence-electron chi connectivity index (χ2n) is 4.64. The molecule has 1 amide bonds. The van der Waals surface area contributed by atoms with Crippen LogP contribution in [-0.2, 0) is 14.3 Å². The molecule has 6 heteroatoms. The number of hydrogen-bond donors (Lipinski definition) is 1. The average molecular weight is 258 g/mol. The Kier molecular flexibility index (Phi) is 6.07. The van der Waals surface area contributed by atoms with Gasteiger partial charge in [-0.05, 0) is 13.3 Å². The van der Waals surface area contributed by atoms with Crippen LogP contribution in [0.4, 0.5) is 0 Å².